The molecule has 0 saturated heterocycles. The van der Waals surface area contributed by atoms with E-state index in [1.165, 1.54) is 18.2 Å². The van der Waals surface area contributed by atoms with Crippen LogP contribution in [0.25, 0.3) is 0 Å². The van der Waals surface area contributed by atoms with Crippen molar-refractivity contribution in [2.24, 2.45) is 11.5 Å². The van der Waals surface area contributed by atoms with Crippen LogP contribution in [0.15, 0.2) is 18.2 Å². The maximum atomic E-state index is 12.9. The Morgan fingerprint density at radius 1 is 1.56 bits per heavy atom. The van der Waals surface area contributed by atoms with E-state index in [9.17, 15) is 9.18 Å². The summed E-state index contributed by atoms with van der Waals surface area (Å²) in [7, 11) is 0. The van der Waals surface area contributed by atoms with Gasteiger partial charge in [0.1, 0.15) is 11.6 Å². The van der Waals surface area contributed by atoms with Crippen LogP contribution in [0.1, 0.15) is 18.9 Å². The number of ether oxygens (including phenoxy) is 1. The van der Waals surface area contributed by atoms with E-state index in [-0.39, 0.29) is 12.4 Å². The number of nitrogens with two attached hydrogens (primary N) is 2. The molecule has 0 radical (unpaired) electrons. The summed E-state index contributed by atoms with van der Waals surface area (Å²) in [6.45, 7) is 1.92. The zero-order valence-electron chi connectivity index (χ0n) is 9.07. The molecule has 4 nitrogen and oxygen atoms in total. The molecule has 1 amide bonds. The van der Waals surface area contributed by atoms with Gasteiger partial charge in [0.25, 0.3) is 5.91 Å². The van der Waals surface area contributed by atoms with Crippen LogP contribution in [0.3, 0.4) is 0 Å². The SMILES string of the molecule is CCC(Oc1ccc(F)cc1CN)C(N)=O. The predicted octanol–water partition coefficient (Wildman–Crippen LogP) is 0.927. The number of halogens is 1. The summed E-state index contributed by atoms with van der Waals surface area (Å²) in [4.78, 5) is 11.0. The number of rotatable bonds is 5. The van der Waals surface area contributed by atoms with Crippen molar-refractivity contribution >= 4 is 5.91 Å². The standard InChI is InChI=1S/C11H15FN2O2/c1-2-9(11(14)15)16-10-4-3-8(12)5-7(10)6-13/h3-5,9H,2,6,13H2,1H3,(H2,14,15). The lowest BCUT2D eigenvalue weighted by Gasteiger charge is -2.16. The second-order valence-corrected chi connectivity index (χ2v) is 3.37. The van der Waals surface area contributed by atoms with Gasteiger partial charge in [-0.3, -0.25) is 4.79 Å². The van der Waals surface area contributed by atoms with Gasteiger partial charge in [-0.05, 0) is 24.6 Å². The van der Waals surface area contributed by atoms with Gasteiger partial charge in [-0.15, -0.1) is 0 Å². The van der Waals surface area contributed by atoms with Crippen molar-refractivity contribution in [3.05, 3.63) is 29.6 Å². The minimum atomic E-state index is -0.712. The van der Waals surface area contributed by atoms with E-state index in [1.807, 2.05) is 0 Å². The molecular formula is C11H15FN2O2. The van der Waals surface area contributed by atoms with Gasteiger partial charge in [0, 0.05) is 12.1 Å². The highest BCUT2D eigenvalue weighted by atomic mass is 19.1. The molecule has 0 aliphatic carbocycles. The summed E-state index contributed by atoms with van der Waals surface area (Å²) in [6.07, 6.45) is -0.257. The molecule has 1 aromatic carbocycles. The molecule has 0 heterocycles. The summed E-state index contributed by atoms with van der Waals surface area (Å²) in [6, 6.07) is 3.98. The first kappa shape index (κ1) is 12.4. The van der Waals surface area contributed by atoms with Crippen LogP contribution < -0.4 is 16.2 Å². The maximum absolute atomic E-state index is 12.9. The highest BCUT2D eigenvalue weighted by Crippen LogP contribution is 2.21. The van der Waals surface area contributed by atoms with Crippen molar-refractivity contribution < 1.29 is 13.9 Å². The third-order valence-corrected chi connectivity index (χ3v) is 2.20. The molecule has 0 fully saturated rings. The van der Waals surface area contributed by atoms with Gasteiger partial charge in [-0.1, -0.05) is 6.92 Å². The van der Waals surface area contributed by atoms with Crippen LogP contribution in [0.2, 0.25) is 0 Å². The first-order chi connectivity index (χ1) is 7.58. The molecule has 1 atom stereocenters. The Bertz CT molecular complexity index is 382. The monoisotopic (exact) mass is 226 g/mol. The van der Waals surface area contributed by atoms with E-state index in [0.29, 0.717) is 17.7 Å². The third-order valence-electron chi connectivity index (χ3n) is 2.20. The minimum absolute atomic E-state index is 0.141. The van der Waals surface area contributed by atoms with Gasteiger partial charge >= 0.3 is 0 Å². The van der Waals surface area contributed by atoms with Crippen LogP contribution >= 0.6 is 0 Å². The van der Waals surface area contributed by atoms with Gasteiger partial charge < -0.3 is 16.2 Å². The highest BCUT2D eigenvalue weighted by Gasteiger charge is 2.16. The molecular weight excluding hydrogens is 211 g/mol. The number of benzene rings is 1. The Labute approximate surface area is 93.4 Å². The van der Waals surface area contributed by atoms with Crippen molar-refractivity contribution in [3.63, 3.8) is 0 Å². The molecule has 0 bridgehead atoms. The van der Waals surface area contributed by atoms with Crippen molar-refractivity contribution in [2.45, 2.75) is 26.0 Å². The Balaban J connectivity index is 2.91. The summed E-state index contributed by atoms with van der Waals surface area (Å²) in [5.41, 5.74) is 11.1. The second kappa shape index (κ2) is 5.46. The van der Waals surface area contributed by atoms with Crippen molar-refractivity contribution in [1.82, 2.24) is 0 Å². The van der Waals surface area contributed by atoms with Crippen molar-refractivity contribution in [2.75, 3.05) is 0 Å². The average molecular weight is 226 g/mol. The Kier molecular flexibility index (Phi) is 4.25. The Hall–Kier alpha value is -1.62. The van der Waals surface area contributed by atoms with Gasteiger partial charge in [0.05, 0.1) is 0 Å². The number of primary amides is 1. The Morgan fingerprint density at radius 2 is 2.25 bits per heavy atom. The van der Waals surface area contributed by atoms with Gasteiger partial charge in [-0.25, -0.2) is 4.39 Å². The summed E-state index contributed by atoms with van der Waals surface area (Å²) >= 11 is 0. The average Bonchev–Trinajstić information content (AvgIpc) is 2.26. The van der Waals surface area contributed by atoms with Crippen molar-refractivity contribution in [1.29, 1.82) is 0 Å². The zero-order chi connectivity index (χ0) is 12.1. The molecule has 0 aliphatic heterocycles. The number of hydrogen-bond acceptors (Lipinski definition) is 3. The maximum Gasteiger partial charge on any atom is 0.258 e. The van der Waals surface area contributed by atoms with Crippen LogP contribution in [0, 0.1) is 5.82 Å². The molecule has 1 rings (SSSR count). The normalized spacial score (nSPS) is 12.2. The topological polar surface area (TPSA) is 78.3 Å². The fourth-order valence-corrected chi connectivity index (χ4v) is 1.32. The number of amides is 1. The molecule has 1 aromatic rings. The molecule has 16 heavy (non-hydrogen) atoms. The van der Waals surface area contributed by atoms with E-state index < -0.39 is 12.0 Å². The van der Waals surface area contributed by atoms with E-state index >= 15 is 0 Å². The first-order valence-electron chi connectivity index (χ1n) is 5.03. The summed E-state index contributed by atoms with van der Waals surface area (Å²) in [5.74, 6) is -0.538. The van der Waals surface area contributed by atoms with Crippen LogP contribution in [0.5, 0.6) is 5.75 Å². The van der Waals surface area contributed by atoms with E-state index in [1.54, 1.807) is 6.92 Å². The van der Waals surface area contributed by atoms with Crippen LogP contribution in [-0.2, 0) is 11.3 Å². The smallest absolute Gasteiger partial charge is 0.258 e. The van der Waals surface area contributed by atoms with E-state index in [0.717, 1.165) is 0 Å². The minimum Gasteiger partial charge on any atom is -0.480 e. The molecule has 4 N–H and O–H groups in total. The molecule has 0 aromatic heterocycles. The van der Waals surface area contributed by atoms with Gasteiger partial charge in [0.15, 0.2) is 6.10 Å². The van der Waals surface area contributed by atoms with Crippen LogP contribution in [0.4, 0.5) is 4.39 Å². The largest absolute Gasteiger partial charge is 0.480 e. The lowest BCUT2D eigenvalue weighted by Crippen LogP contribution is -2.33. The molecule has 0 saturated carbocycles. The molecule has 0 aliphatic rings. The lowest BCUT2D eigenvalue weighted by molar-refractivity contribution is -0.124. The summed E-state index contributed by atoms with van der Waals surface area (Å²) < 4.78 is 18.3. The zero-order valence-corrected chi connectivity index (χ0v) is 9.07. The second-order valence-electron chi connectivity index (χ2n) is 3.37. The fourth-order valence-electron chi connectivity index (χ4n) is 1.32. The number of hydrogen-bond donors (Lipinski definition) is 2. The van der Waals surface area contributed by atoms with E-state index in [4.69, 9.17) is 16.2 Å². The predicted molar refractivity (Wildman–Crippen MR) is 58.2 cm³/mol. The number of carbonyl (C=O) groups is 1. The lowest BCUT2D eigenvalue weighted by atomic mass is 10.2. The first-order valence-corrected chi connectivity index (χ1v) is 5.03. The molecule has 0 spiro atoms. The Morgan fingerprint density at radius 3 is 2.75 bits per heavy atom. The molecule has 1 unspecified atom stereocenters. The fraction of sp³-hybridized carbons (Fsp3) is 0.364. The van der Waals surface area contributed by atoms with Gasteiger partial charge in [-0.2, -0.15) is 0 Å². The van der Waals surface area contributed by atoms with Crippen LogP contribution in [-0.4, -0.2) is 12.0 Å². The van der Waals surface area contributed by atoms with Gasteiger partial charge in [0.2, 0.25) is 0 Å². The van der Waals surface area contributed by atoms with Crippen molar-refractivity contribution in [3.8, 4) is 5.75 Å². The quantitative estimate of drug-likeness (QED) is 0.783. The molecule has 5 heteroatoms. The highest BCUT2D eigenvalue weighted by molar-refractivity contribution is 5.79. The van der Waals surface area contributed by atoms with E-state index in [2.05, 4.69) is 0 Å². The number of carbonyl (C=O) groups excluding carboxylic acids is 1. The molecule has 88 valence electrons. The summed E-state index contributed by atoms with van der Waals surface area (Å²) in [5, 5.41) is 0. The third kappa shape index (κ3) is 2.93.